The standard InChI is InChI=1S/C22H26N2O2/c1-3-17-8-10-19(11-9-17)24-15-13-20(22(24)26)21(25)23-14-12-18-6-4-16(2)5-7-18/h4-11,20H,3,12-15H2,1-2H3,(H,23,25)/t20-/m0/s1. The Bertz CT molecular complexity index is 766. The Balaban J connectivity index is 1.53. The molecular weight excluding hydrogens is 324 g/mol. The van der Waals surface area contributed by atoms with Gasteiger partial charge in [0.2, 0.25) is 11.8 Å². The van der Waals surface area contributed by atoms with Crippen LogP contribution >= 0.6 is 0 Å². The monoisotopic (exact) mass is 350 g/mol. The van der Waals surface area contributed by atoms with E-state index in [0.717, 1.165) is 18.5 Å². The SMILES string of the molecule is CCc1ccc(N2CC[C@@H](C(=O)NCCc3ccc(C)cc3)C2=O)cc1. The third-order valence-corrected chi connectivity index (χ3v) is 5.01. The van der Waals surface area contributed by atoms with E-state index in [1.807, 2.05) is 24.3 Å². The Kier molecular flexibility index (Phi) is 5.71. The molecule has 2 aromatic rings. The number of hydrogen-bond donors (Lipinski definition) is 1. The molecule has 1 atom stereocenters. The molecule has 4 nitrogen and oxygen atoms in total. The van der Waals surface area contributed by atoms with Gasteiger partial charge in [-0.3, -0.25) is 9.59 Å². The summed E-state index contributed by atoms with van der Waals surface area (Å²) in [6, 6.07) is 16.3. The molecule has 0 saturated carbocycles. The fourth-order valence-corrected chi connectivity index (χ4v) is 3.30. The van der Waals surface area contributed by atoms with Crippen LogP contribution in [-0.4, -0.2) is 24.9 Å². The van der Waals surface area contributed by atoms with Crippen molar-refractivity contribution in [2.75, 3.05) is 18.0 Å². The van der Waals surface area contributed by atoms with Gasteiger partial charge in [-0.25, -0.2) is 0 Å². The number of amides is 2. The van der Waals surface area contributed by atoms with Gasteiger partial charge in [0.15, 0.2) is 0 Å². The minimum Gasteiger partial charge on any atom is -0.355 e. The van der Waals surface area contributed by atoms with Crippen molar-refractivity contribution < 1.29 is 9.59 Å². The molecule has 0 aliphatic carbocycles. The number of rotatable bonds is 6. The molecule has 1 aliphatic heterocycles. The van der Waals surface area contributed by atoms with E-state index < -0.39 is 5.92 Å². The molecule has 0 spiro atoms. The first-order valence-corrected chi connectivity index (χ1v) is 9.32. The van der Waals surface area contributed by atoms with E-state index in [4.69, 9.17) is 0 Å². The Morgan fingerprint density at radius 1 is 1.08 bits per heavy atom. The van der Waals surface area contributed by atoms with E-state index in [1.165, 1.54) is 16.7 Å². The molecule has 136 valence electrons. The molecule has 3 rings (SSSR count). The predicted molar refractivity (Wildman–Crippen MR) is 104 cm³/mol. The highest BCUT2D eigenvalue weighted by molar-refractivity contribution is 6.09. The number of nitrogens with zero attached hydrogens (tertiary/aromatic N) is 1. The average Bonchev–Trinajstić information content (AvgIpc) is 3.05. The summed E-state index contributed by atoms with van der Waals surface area (Å²) >= 11 is 0. The average molecular weight is 350 g/mol. The fourth-order valence-electron chi connectivity index (χ4n) is 3.30. The second-order valence-electron chi connectivity index (χ2n) is 6.88. The molecule has 4 heteroatoms. The zero-order chi connectivity index (χ0) is 18.5. The number of carbonyl (C=O) groups is 2. The van der Waals surface area contributed by atoms with Crippen molar-refractivity contribution in [2.24, 2.45) is 5.92 Å². The summed E-state index contributed by atoms with van der Waals surface area (Å²) in [6.07, 6.45) is 2.32. The molecule has 2 aromatic carbocycles. The lowest BCUT2D eigenvalue weighted by Crippen LogP contribution is -2.37. The summed E-state index contributed by atoms with van der Waals surface area (Å²) in [4.78, 5) is 26.8. The van der Waals surface area contributed by atoms with Crippen molar-refractivity contribution in [3.05, 3.63) is 65.2 Å². The maximum absolute atomic E-state index is 12.6. The quantitative estimate of drug-likeness (QED) is 0.813. The van der Waals surface area contributed by atoms with Crippen LogP contribution in [0.1, 0.15) is 30.0 Å². The summed E-state index contributed by atoms with van der Waals surface area (Å²) in [6.45, 7) is 5.31. The lowest BCUT2D eigenvalue weighted by atomic mass is 10.1. The van der Waals surface area contributed by atoms with Crippen molar-refractivity contribution in [3.8, 4) is 0 Å². The van der Waals surface area contributed by atoms with Gasteiger partial charge in [-0.15, -0.1) is 0 Å². The molecule has 1 aliphatic rings. The molecule has 0 unspecified atom stereocenters. The van der Waals surface area contributed by atoms with Crippen molar-refractivity contribution in [3.63, 3.8) is 0 Å². The number of carbonyl (C=O) groups excluding carboxylic acids is 2. The predicted octanol–water partition coefficient (Wildman–Crippen LogP) is 3.27. The Morgan fingerprint density at radius 2 is 1.73 bits per heavy atom. The first kappa shape index (κ1) is 18.2. The van der Waals surface area contributed by atoms with Crippen LogP contribution in [0.5, 0.6) is 0 Å². The van der Waals surface area contributed by atoms with Crippen LogP contribution in [0.15, 0.2) is 48.5 Å². The zero-order valence-corrected chi connectivity index (χ0v) is 15.5. The topological polar surface area (TPSA) is 49.4 Å². The van der Waals surface area contributed by atoms with E-state index in [0.29, 0.717) is 19.5 Å². The Morgan fingerprint density at radius 3 is 2.38 bits per heavy atom. The third-order valence-electron chi connectivity index (χ3n) is 5.01. The van der Waals surface area contributed by atoms with Crippen molar-refractivity contribution in [1.82, 2.24) is 5.32 Å². The first-order valence-electron chi connectivity index (χ1n) is 9.32. The van der Waals surface area contributed by atoms with Gasteiger partial charge in [0.25, 0.3) is 0 Å². The first-order chi connectivity index (χ1) is 12.6. The molecular formula is C22H26N2O2. The van der Waals surface area contributed by atoms with Crippen LogP contribution in [0.25, 0.3) is 0 Å². The van der Waals surface area contributed by atoms with Crippen molar-refractivity contribution in [1.29, 1.82) is 0 Å². The second-order valence-corrected chi connectivity index (χ2v) is 6.88. The van der Waals surface area contributed by atoms with Crippen LogP contribution < -0.4 is 10.2 Å². The van der Waals surface area contributed by atoms with Gasteiger partial charge in [0.05, 0.1) is 0 Å². The van der Waals surface area contributed by atoms with Crippen LogP contribution in [0, 0.1) is 12.8 Å². The van der Waals surface area contributed by atoms with Crippen LogP contribution in [0.4, 0.5) is 5.69 Å². The van der Waals surface area contributed by atoms with Gasteiger partial charge >= 0.3 is 0 Å². The lowest BCUT2D eigenvalue weighted by Gasteiger charge is -2.17. The molecule has 1 N–H and O–H groups in total. The molecule has 0 bridgehead atoms. The van der Waals surface area contributed by atoms with E-state index in [9.17, 15) is 9.59 Å². The molecule has 0 radical (unpaired) electrons. The summed E-state index contributed by atoms with van der Waals surface area (Å²) < 4.78 is 0. The van der Waals surface area contributed by atoms with E-state index in [-0.39, 0.29) is 11.8 Å². The summed E-state index contributed by atoms with van der Waals surface area (Å²) in [5.41, 5.74) is 4.53. The van der Waals surface area contributed by atoms with Crippen molar-refractivity contribution in [2.45, 2.75) is 33.1 Å². The Hall–Kier alpha value is -2.62. The van der Waals surface area contributed by atoms with E-state index in [1.54, 1.807) is 4.90 Å². The highest BCUT2D eigenvalue weighted by Crippen LogP contribution is 2.25. The van der Waals surface area contributed by atoms with Crippen molar-refractivity contribution >= 4 is 17.5 Å². The number of hydrogen-bond acceptors (Lipinski definition) is 2. The van der Waals surface area contributed by atoms with Gasteiger partial charge < -0.3 is 10.2 Å². The van der Waals surface area contributed by atoms with Gasteiger partial charge in [0.1, 0.15) is 5.92 Å². The summed E-state index contributed by atoms with van der Waals surface area (Å²) in [7, 11) is 0. The maximum Gasteiger partial charge on any atom is 0.239 e. The molecule has 1 fully saturated rings. The molecule has 26 heavy (non-hydrogen) atoms. The van der Waals surface area contributed by atoms with Gasteiger partial charge in [-0.1, -0.05) is 48.9 Å². The van der Waals surface area contributed by atoms with Crippen LogP contribution in [-0.2, 0) is 22.4 Å². The second kappa shape index (κ2) is 8.17. The number of nitrogens with one attached hydrogen (secondary N) is 1. The Labute approximate surface area is 155 Å². The number of anilines is 1. The van der Waals surface area contributed by atoms with Crippen LogP contribution in [0.2, 0.25) is 0 Å². The number of aryl methyl sites for hydroxylation is 2. The van der Waals surface area contributed by atoms with Crippen LogP contribution in [0.3, 0.4) is 0 Å². The lowest BCUT2D eigenvalue weighted by molar-refractivity contribution is -0.132. The zero-order valence-electron chi connectivity index (χ0n) is 15.5. The molecule has 1 saturated heterocycles. The van der Waals surface area contributed by atoms with Gasteiger partial charge in [0, 0.05) is 18.8 Å². The molecule has 0 aromatic heterocycles. The largest absolute Gasteiger partial charge is 0.355 e. The highest BCUT2D eigenvalue weighted by Gasteiger charge is 2.37. The summed E-state index contributed by atoms with van der Waals surface area (Å²) in [5, 5.41) is 2.92. The third kappa shape index (κ3) is 4.13. The van der Waals surface area contributed by atoms with E-state index in [2.05, 4.69) is 43.4 Å². The van der Waals surface area contributed by atoms with Gasteiger partial charge in [-0.2, -0.15) is 0 Å². The molecule has 2 amide bonds. The summed E-state index contributed by atoms with van der Waals surface area (Å²) in [5.74, 6) is -0.823. The minimum absolute atomic E-state index is 0.0953. The van der Waals surface area contributed by atoms with E-state index >= 15 is 0 Å². The minimum atomic E-state index is -0.570. The fraction of sp³-hybridized carbons (Fsp3) is 0.364. The maximum atomic E-state index is 12.6. The molecule has 1 heterocycles. The number of benzene rings is 2. The highest BCUT2D eigenvalue weighted by atomic mass is 16.2. The normalized spacial score (nSPS) is 16.8. The van der Waals surface area contributed by atoms with Gasteiger partial charge in [-0.05, 0) is 49.4 Å². The smallest absolute Gasteiger partial charge is 0.239 e.